The summed E-state index contributed by atoms with van der Waals surface area (Å²) in [6.07, 6.45) is 7.39. The van der Waals surface area contributed by atoms with Crippen LogP contribution in [0.15, 0.2) is 0 Å². The fraction of sp³-hybridized carbons (Fsp3) is 1.00. The van der Waals surface area contributed by atoms with Gasteiger partial charge in [-0.15, -0.1) is 0 Å². The number of fused-ring (bicyclic) bond motifs is 2. The first-order valence-electron chi connectivity index (χ1n) is 10.8. The van der Waals surface area contributed by atoms with Gasteiger partial charge >= 0.3 is 0 Å². The van der Waals surface area contributed by atoms with E-state index >= 15 is 0 Å². The zero-order valence-electron chi connectivity index (χ0n) is 16.7. The van der Waals surface area contributed by atoms with Gasteiger partial charge in [0, 0.05) is 18.4 Å². The van der Waals surface area contributed by atoms with Crippen molar-refractivity contribution in [3.8, 4) is 0 Å². The summed E-state index contributed by atoms with van der Waals surface area (Å²) in [6.45, 7) is 6.14. The van der Waals surface area contributed by atoms with Gasteiger partial charge in [-0.2, -0.15) is 0 Å². The monoisotopic (exact) mass is 400 g/mol. The second kappa shape index (κ2) is 7.44. The van der Waals surface area contributed by atoms with E-state index in [2.05, 4.69) is 26.8 Å². The fourth-order valence-electron chi connectivity index (χ4n) is 7.28. The van der Waals surface area contributed by atoms with E-state index in [0.717, 1.165) is 51.4 Å². The molecule has 4 fully saturated rings. The van der Waals surface area contributed by atoms with E-state index in [9.17, 15) is 10.2 Å². The molecule has 0 aromatic carbocycles. The number of hydrogen-bond acceptors (Lipinski definition) is 6. The molecule has 2 unspecified atom stereocenters. The molecule has 27 heavy (non-hydrogen) atoms. The molecule has 7 atom stereocenters. The predicted molar refractivity (Wildman–Crippen MR) is 105 cm³/mol. The molecule has 5 nitrogen and oxygen atoms in total. The van der Waals surface area contributed by atoms with Gasteiger partial charge in [0.2, 0.25) is 0 Å². The van der Waals surface area contributed by atoms with Crippen LogP contribution in [0.4, 0.5) is 0 Å². The third-order valence-electron chi connectivity index (χ3n) is 8.98. The summed E-state index contributed by atoms with van der Waals surface area (Å²) < 4.78 is 17.6. The summed E-state index contributed by atoms with van der Waals surface area (Å²) in [4.78, 5) is 0. The maximum Gasteiger partial charge on any atom is 0.174 e. The topological polar surface area (TPSA) is 68.2 Å². The molecular formula is C21H36O5S. The number of hydrogen-bond donors (Lipinski definition) is 3. The van der Waals surface area contributed by atoms with E-state index in [1.807, 2.05) is 0 Å². The van der Waals surface area contributed by atoms with Crippen LogP contribution < -0.4 is 0 Å². The van der Waals surface area contributed by atoms with E-state index in [1.54, 1.807) is 0 Å². The summed E-state index contributed by atoms with van der Waals surface area (Å²) in [5, 5.41) is 21.2. The van der Waals surface area contributed by atoms with Gasteiger partial charge in [0.1, 0.15) is 0 Å². The molecule has 4 aliphatic rings. The summed E-state index contributed by atoms with van der Waals surface area (Å²) in [5.74, 6) is 0.350. The van der Waals surface area contributed by atoms with Crippen molar-refractivity contribution in [1.82, 2.24) is 0 Å². The Morgan fingerprint density at radius 2 is 1.74 bits per heavy atom. The van der Waals surface area contributed by atoms with E-state index in [1.165, 1.54) is 0 Å². The molecule has 1 aliphatic heterocycles. The first-order chi connectivity index (χ1) is 12.9. The maximum absolute atomic E-state index is 11.6. The molecule has 1 heterocycles. The molecule has 1 saturated heterocycles. The van der Waals surface area contributed by atoms with Crippen molar-refractivity contribution in [1.29, 1.82) is 0 Å². The molecule has 0 amide bonds. The second-order valence-electron chi connectivity index (χ2n) is 9.87. The van der Waals surface area contributed by atoms with Gasteiger partial charge in [-0.25, -0.2) is 0 Å². The lowest BCUT2D eigenvalue weighted by Gasteiger charge is -2.56. The van der Waals surface area contributed by atoms with Crippen LogP contribution in [0, 0.1) is 28.6 Å². The lowest BCUT2D eigenvalue weighted by atomic mass is 9.51. The van der Waals surface area contributed by atoms with Crippen LogP contribution in [0.2, 0.25) is 0 Å². The van der Waals surface area contributed by atoms with Crippen LogP contribution in [-0.4, -0.2) is 48.0 Å². The highest BCUT2D eigenvalue weighted by atomic mass is 32.1. The summed E-state index contributed by atoms with van der Waals surface area (Å²) >= 11 is 4.04. The Bertz CT molecular complexity index is 539. The van der Waals surface area contributed by atoms with E-state index in [-0.39, 0.29) is 41.5 Å². The van der Waals surface area contributed by atoms with Crippen LogP contribution in [0.5, 0.6) is 0 Å². The number of ether oxygens (including phenoxy) is 2. The minimum atomic E-state index is -0.480. The molecule has 3 aliphatic carbocycles. The molecule has 2 N–H and O–H groups in total. The number of thiol groups is 1. The Labute approximate surface area is 168 Å². The third-order valence-corrected chi connectivity index (χ3v) is 9.28. The van der Waals surface area contributed by atoms with Crippen molar-refractivity contribution in [2.45, 2.75) is 83.2 Å². The number of rotatable bonds is 4. The van der Waals surface area contributed by atoms with Gasteiger partial charge < -0.3 is 23.9 Å². The third kappa shape index (κ3) is 3.01. The zero-order chi connectivity index (χ0) is 19.3. The number of aliphatic hydroxyl groups excluding tert-OH is 2. The van der Waals surface area contributed by atoms with Gasteiger partial charge in [-0.05, 0) is 81.0 Å². The average Bonchev–Trinajstić information content (AvgIpc) is 3.24. The molecule has 156 valence electrons. The van der Waals surface area contributed by atoms with E-state index < -0.39 is 5.79 Å². The van der Waals surface area contributed by atoms with Crippen molar-refractivity contribution in [2.24, 2.45) is 28.6 Å². The first-order valence-corrected chi connectivity index (χ1v) is 11.1. The quantitative estimate of drug-likeness (QED) is 0.499. The Balaban J connectivity index is 1.57. The van der Waals surface area contributed by atoms with Gasteiger partial charge in [-0.3, -0.25) is 0 Å². The molecule has 1 spiro atoms. The molecule has 0 bridgehead atoms. The van der Waals surface area contributed by atoms with Crippen LogP contribution >= 0.6 is 12.9 Å². The molecule has 0 aromatic heterocycles. The summed E-state index contributed by atoms with van der Waals surface area (Å²) in [5.41, 5.74) is -0.0763. The minimum Gasteiger partial charge on any atom is -0.396 e. The van der Waals surface area contributed by atoms with Crippen molar-refractivity contribution in [3.05, 3.63) is 0 Å². The Morgan fingerprint density at radius 3 is 2.41 bits per heavy atom. The van der Waals surface area contributed by atoms with Crippen molar-refractivity contribution >= 4 is 12.9 Å². The Kier molecular flexibility index (Phi) is 5.63. The summed E-state index contributed by atoms with van der Waals surface area (Å²) in [7, 11) is 0. The molecule has 0 radical (unpaired) electrons. The molecular weight excluding hydrogens is 364 g/mol. The van der Waals surface area contributed by atoms with Crippen LogP contribution in [0.25, 0.3) is 0 Å². The molecule has 0 aromatic rings. The first kappa shape index (κ1) is 20.4. The molecule has 4 rings (SSSR count). The normalized spacial score (nSPS) is 49.4. The molecule has 6 heteroatoms. The van der Waals surface area contributed by atoms with E-state index in [4.69, 9.17) is 13.7 Å². The van der Waals surface area contributed by atoms with Crippen molar-refractivity contribution in [2.75, 3.05) is 19.8 Å². The summed E-state index contributed by atoms with van der Waals surface area (Å²) in [6, 6.07) is 0. The van der Waals surface area contributed by atoms with Gasteiger partial charge in [0.25, 0.3) is 0 Å². The largest absolute Gasteiger partial charge is 0.396 e. The Hall–Kier alpha value is 0.150. The fourth-order valence-corrected chi connectivity index (χ4v) is 7.47. The zero-order valence-corrected chi connectivity index (χ0v) is 17.6. The highest BCUT2D eigenvalue weighted by Crippen LogP contribution is 2.65. The molecule has 3 saturated carbocycles. The van der Waals surface area contributed by atoms with Gasteiger partial charge in [-0.1, -0.05) is 13.8 Å². The highest BCUT2D eigenvalue weighted by molar-refractivity contribution is 7.75. The minimum absolute atomic E-state index is 0.0272. The van der Waals surface area contributed by atoms with Crippen molar-refractivity contribution in [3.63, 3.8) is 0 Å². The van der Waals surface area contributed by atoms with Crippen LogP contribution in [0.1, 0.15) is 65.2 Å². The van der Waals surface area contributed by atoms with E-state index in [0.29, 0.717) is 19.1 Å². The highest BCUT2D eigenvalue weighted by Gasteiger charge is 2.66. The lowest BCUT2D eigenvalue weighted by molar-refractivity contribution is -0.250. The lowest BCUT2D eigenvalue weighted by Crippen LogP contribution is -2.57. The average molecular weight is 401 g/mol. The standard InChI is InChI=1S/C21H36O5S/c1-19(7-3-15(26-27)13-14(19)6-10-22)16-4-8-20(2)17(18(16)23)5-9-21(20)24-11-12-25-21/h14-18,22-23,27H,3-13H2,1-2H3/t14-,15-,16?,17?,18+,19-,20-/m0/s1. The van der Waals surface area contributed by atoms with Crippen LogP contribution in [0.3, 0.4) is 0 Å². The SMILES string of the molecule is C[C@]12CCC([C@@]3(C)CC[C@H](OS)C[C@@H]3CCO)[C@@H](O)C1CCC21OCCO1. The van der Waals surface area contributed by atoms with Crippen LogP contribution in [-0.2, 0) is 13.7 Å². The number of aliphatic hydroxyl groups is 2. The Morgan fingerprint density at radius 1 is 1.04 bits per heavy atom. The smallest absolute Gasteiger partial charge is 0.174 e. The van der Waals surface area contributed by atoms with Gasteiger partial charge in [0.05, 0.1) is 25.4 Å². The predicted octanol–water partition coefficient (Wildman–Crippen LogP) is 3.34. The van der Waals surface area contributed by atoms with Crippen molar-refractivity contribution < 1.29 is 23.9 Å². The van der Waals surface area contributed by atoms with Gasteiger partial charge in [0.15, 0.2) is 5.79 Å². The maximum atomic E-state index is 11.6. The second-order valence-corrected chi connectivity index (χ2v) is 10.1.